The van der Waals surface area contributed by atoms with Gasteiger partial charge in [0, 0.05) is 0 Å². The molecule has 0 fully saturated rings. The Kier molecular flexibility index (Phi) is 2.87. The fourth-order valence-electron chi connectivity index (χ4n) is 0.175. The van der Waals surface area contributed by atoms with Crippen LogP contribution in [0.25, 0.3) is 0 Å². The summed E-state index contributed by atoms with van der Waals surface area (Å²) in [6.07, 6.45) is -0.329. The van der Waals surface area contributed by atoms with Crippen LogP contribution in [0.2, 0.25) is 0 Å². The molecule has 0 aliphatic heterocycles. The minimum Gasteiger partial charge on any atom is -0.500 e. The molecule has 0 aromatic carbocycles. The van der Waals surface area contributed by atoms with Gasteiger partial charge in [0.2, 0.25) is 0 Å². The fourth-order valence-corrected chi connectivity index (χ4v) is 0.341. The SMILES string of the molecule is CC[C@@H](O)C(O)=S. The van der Waals surface area contributed by atoms with Gasteiger partial charge in [0.1, 0.15) is 6.10 Å². The molecule has 0 unspecified atom stereocenters. The zero-order chi connectivity index (χ0) is 5.86. The summed E-state index contributed by atoms with van der Waals surface area (Å²) in [6, 6.07) is 0. The third-order valence-corrected chi connectivity index (χ3v) is 0.944. The van der Waals surface area contributed by atoms with Crippen LogP contribution in [-0.2, 0) is 0 Å². The smallest absolute Gasteiger partial charge is 0.186 e. The highest BCUT2D eigenvalue weighted by Gasteiger charge is 2.02. The van der Waals surface area contributed by atoms with Crippen molar-refractivity contribution in [1.82, 2.24) is 0 Å². The Morgan fingerprint density at radius 1 is 1.86 bits per heavy atom. The number of thiocarbonyl (C=S) groups is 1. The number of hydrogen-bond donors (Lipinski definition) is 2. The van der Waals surface area contributed by atoms with E-state index in [9.17, 15) is 0 Å². The predicted octanol–water partition coefficient (Wildman–Crippen LogP) is 0.643. The maximum Gasteiger partial charge on any atom is 0.186 e. The second-order valence-electron chi connectivity index (χ2n) is 1.26. The van der Waals surface area contributed by atoms with Gasteiger partial charge >= 0.3 is 0 Å². The number of hydrogen-bond acceptors (Lipinski definition) is 2. The zero-order valence-corrected chi connectivity index (χ0v) is 4.90. The number of rotatable bonds is 2. The minimum absolute atomic E-state index is 0.317. The largest absolute Gasteiger partial charge is 0.500 e. The molecule has 42 valence electrons. The van der Waals surface area contributed by atoms with E-state index in [1.165, 1.54) is 0 Å². The standard InChI is InChI=1S/C4H8O2S/c1-2-3(5)4(6)7/h3,5H,2H2,1H3,(H,6,7)/t3-/m1/s1. The van der Waals surface area contributed by atoms with Crippen molar-refractivity contribution < 1.29 is 10.2 Å². The van der Waals surface area contributed by atoms with Crippen LogP contribution in [0.1, 0.15) is 13.3 Å². The lowest BCUT2D eigenvalue weighted by Gasteiger charge is -1.99. The molecule has 0 radical (unpaired) electrons. The van der Waals surface area contributed by atoms with E-state index in [4.69, 9.17) is 10.2 Å². The van der Waals surface area contributed by atoms with Crippen molar-refractivity contribution in [3.05, 3.63) is 0 Å². The van der Waals surface area contributed by atoms with Crippen LogP contribution in [0, 0.1) is 0 Å². The Hall–Kier alpha value is -0.150. The van der Waals surface area contributed by atoms with Gasteiger partial charge in [-0.25, -0.2) is 0 Å². The Morgan fingerprint density at radius 2 is 2.29 bits per heavy atom. The molecule has 0 saturated heterocycles. The Balaban J connectivity index is 3.34. The summed E-state index contributed by atoms with van der Waals surface area (Å²) in [6.45, 7) is 1.74. The van der Waals surface area contributed by atoms with Crippen LogP contribution in [0.4, 0.5) is 0 Å². The Morgan fingerprint density at radius 3 is 2.29 bits per heavy atom. The van der Waals surface area contributed by atoms with E-state index in [1.54, 1.807) is 6.92 Å². The molecule has 1 atom stereocenters. The summed E-state index contributed by atoms with van der Waals surface area (Å²) in [5, 5.41) is 16.5. The Bertz CT molecular complexity index is 72.1. The molecule has 0 aliphatic rings. The third kappa shape index (κ3) is 2.53. The zero-order valence-electron chi connectivity index (χ0n) is 4.09. The molecule has 0 bridgehead atoms. The average Bonchev–Trinajstić information content (AvgIpc) is 1.65. The highest BCUT2D eigenvalue weighted by molar-refractivity contribution is 7.80. The van der Waals surface area contributed by atoms with Crippen LogP contribution in [-0.4, -0.2) is 21.4 Å². The molecule has 0 aromatic heterocycles. The maximum atomic E-state index is 8.54. The summed E-state index contributed by atoms with van der Waals surface area (Å²) in [5.41, 5.74) is 0. The quantitative estimate of drug-likeness (QED) is 0.525. The van der Waals surface area contributed by atoms with Crippen LogP contribution in [0.15, 0.2) is 0 Å². The van der Waals surface area contributed by atoms with Crippen molar-refractivity contribution in [2.45, 2.75) is 19.4 Å². The highest BCUT2D eigenvalue weighted by Crippen LogP contribution is 1.89. The normalized spacial score (nSPS) is 13.4. The van der Waals surface area contributed by atoms with Crippen LogP contribution >= 0.6 is 12.2 Å². The van der Waals surface area contributed by atoms with E-state index in [2.05, 4.69) is 12.2 Å². The molecule has 3 heteroatoms. The molecule has 0 heterocycles. The van der Waals surface area contributed by atoms with Crippen LogP contribution < -0.4 is 0 Å². The molecule has 2 nitrogen and oxygen atoms in total. The number of aliphatic hydroxyl groups excluding tert-OH is 2. The van der Waals surface area contributed by atoms with Crippen LogP contribution in [0.5, 0.6) is 0 Å². The monoisotopic (exact) mass is 120 g/mol. The van der Waals surface area contributed by atoms with E-state index < -0.39 is 6.10 Å². The van der Waals surface area contributed by atoms with E-state index in [0.29, 0.717) is 6.42 Å². The molecule has 0 aliphatic carbocycles. The molecule has 2 N–H and O–H groups in total. The van der Waals surface area contributed by atoms with Crippen LogP contribution in [0.3, 0.4) is 0 Å². The van der Waals surface area contributed by atoms with E-state index in [-0.39, 0.29) is 5.05 Å². The minimum atomic E-state index is -0.810. The van der Waals surface area contributed by atoms with Crippen molar-refractivity contribution in [3.63, 3.8) is 0 Å². The predicted molar refractivity (Wildman–Crippen MR) is 31.5 cm³/mol. The lowest BCUT2D eigenvalue weighted by Crippen LogP contribution is -2.15. The first-order valence-electron chi connectivity index (χ1n) is 2.09. The van der Waals surface area contributed by atoms with E-state index in [1.807, 2.05) is 0 Å². The van der Waals surface area contributed by atoms with Gasteiger partial charge in [-0.3, -0.25) is 0 Å². The molecule has 0 aromatic rings. The lowest BCUT2D eigenvalue weighted by molar-refractivity contribution is 0.217. The summed E-state index contributed by atoms with van der Waals surface area (Å²) >= 11 is 4.22. The maximum absolute atomic E-state index is 8.54. The van der Waals surface area contributed by atoms with Gasteiger partial charge in [0.05, 0.1) is 0 Å². The van der Waals surface area contributed by atoms with Gasteiger partial charge in [-0.2, -0.15) is 0 Å². The number of aliphatic hydroxyl groups is 2. The highest BCUT2D eigenvalue weighted by atomic mass is 32.1. The first-order valence-corrected chi connectivity index (χ1v) is 2.50. The molecule has 7 heavy (non-hydrogen) atoms. The molecule has 0 amide bonds. The van der Waals surface area contributed by atoms with E-state index >= 15 is 0 Å². The van der Waals surface area contributed by atoms with Gasteiger partial charge in [0.25, 0.3) is 0 Å². The van der Waals surface area contributed by atoms with Crippen molar-refractivity contribution >= 4 is 17.3 Å². The topological polar surface area (TPSA) is 40.5 Å². The second kappa shape index (κ2) is 2.93. The molecule has 0 rings (SSSR count). The first kappa shape index (κ1) is 6.85. The second-order valence-corrected chi connectivity index (χ2v) is 1.68. The molecule has 0 saturated carbocycles. The summed E-state index contributed by atoms with van der Waals surface area (Å²) in [4.78, 5) is 0. The van der Waals surface area contributed by atoms with Gasteiger partial charge < -0.3 is 10.2 Å². The van der Waals surface area contributed by atoms with E-state index in [0.717, 1.165) is 0 Å². The third-order valence-electron chi connectivity index (χ3n) is 0.672. The first-order chi connectivity index (χ1) is 3.18. The van der Waals surface area contributed by atoms with Crippen molar-refractivity contribution in [2.75, 3.05) is 0 Å². The van der Waals surface area contributed by atoms with Gasteiger partial charge in [-0.05, 0) is 18.6 Å². The average molecular weight is 120 g/mol. The fraction of sp³-hybridized carbons (Fsp3) is 0.750. The lowest BCUT2D eigenvalue weighted by atomic mass is 10.3. The summed E-state index contributed by atoms with van der Waals surface area (Å²) in [7, 11) is 0. The van der Waals surface area contributed by atoms with Crippen molar-refractivity contribution in [2.24, 2.45) is 0 Å². The summed E-state index contributed by atoms with van der Waals surface area (Å²) in [5.74, 6) is 0. The molecule has 0 spiro atoms. The van der Waals surface area contributed by atoms with Crippen molar-refractivity contribution in [1.29, 1.82) is 0 Å². The Labute approximate surface area is 47.8 Å². The van der Waals surface area contributed by atoms with Crippen molar-refractivity contribution in [3.8, 4) is 0 Å². The molecular formula is C4H8O2S. The molecular weight excluding hydrogens is 112 g/mol. The van der Waals surface area contributed by atoms with Gasteiger partial charge in [-0.1, -0.05) is 6.92 Å². The van der Waals surface area contributed by atoms with Gasteiger partial charge in [-0.15, -0.1) is 0 Å². The summed E-state index contributed by atoms with van der Waals surface area (Å²) < 4.78 is 0. The van der Waals surface area contributed by atoms with Gasteiger partial charge in [0.15, 0.2) is 5.05 Å².